The van der Waals surface area contributed by atoms with Crippen LogP contribution in [-0.2, 0) is 6.54 Å². The van der Waals surface area contributed by atoms with E-state index in [0.717, 1.165) is 71.0 Å². The number of hydrogen-bond donors (Lipinski definition) is 1. The molecule has 6 heterocycles. The molecule has 1 saturated heterocycles. The Kier molecular flexibility index (Phi) is 5.72. The standard InChI is InChI=1S/C33H34N8O/c1-20-28-10-9-26(33(42)38-12-3-4-27(34)19-38)18-41(28)37-32(20)30-15-25-8-7-23(14-29(25)40(30)17-22-5-6-22)24-11-13-39-21(2)35-36-31(39)16-24/h7-11,13-16,18,22,27H,3-6,12,17,19,34H2,1-2H3/t27-/m1/s1. The molecule has 1 atom stereocenters. The zero-order valence-corrected chi connectivity index (χ0v) is 24.0. The number of hydrogen-bond acceptors (Lipinski definition) is 5. The van der Waals surface area contributed by atoms with Crippen LogP contribution in [0.3, 0.4) is 0 Å². The topological polar surface area (TPSA) is 98.8 Å². The van der Waals surface area contributed by atoms with E-state index in [9.17, 15) is 4.79 Å². The van der Waals surface area contributed by atoms with Gasteiger partial charge < -0.3 is 15.2 Å². The normalized spacial score (nSPS) is 17.6. The van der Waals surface area contributed by atoms with Gasteiger partial charge in [-0.3, -0.25) is 9.20 Å². The number of piperidine rings is 1. The van der Waals surface area contributed by atoms with Gasteiger partial charge in [0.1, 0.15) is 11.5 Å². The van der Waals surface area contributed by atoms with E-state index in [-0.39, 0.29) is 11.9 Å². The summed E-state index contributed by atoms with van der Waals surface area (Å²) in [6.45, 7) is 6.42. The summed E-state index contributed by atoms with van der Waals surface area (Å²) in [5.41, 5.74) is 15.3. The number of aryl methyl sites for hydroxylation is 2. The molecule has 0 radical (unpaired) electrons. The monoisotopic (exact) mass is 558 g/mol. The Labute approximate surface area is 243 Å². The van der Waals surface area contributed by atoms with Gasteiger partial charge >= 0.3 is 0 Å². The molecule has 1 aliphatic carbocycles. The molecule has 9 nitrogen and oxygen atoms in total. The highest BCUT2D eigenvalue weighted by Gasteiger charge is 2.27. The molecule has 5 aromatic heterocycles. The highest BCUT2D eigenvalue weighted by molar-refractivity contribution is 5.95. The minimum absolute atomic E-state index is 0.0246. The SMILES string of the molecule is Cc1c(-c2cc3ccc(-c4ccn5c(C)nnc5c4)cc3n2CC2CC2)nn2cc(C(=O)N3CCC[C@@H](N)C3)ccc12. The van der Waals surface area contributed by atoms with Gasteiger partial charge in [-0.15, -0.1) is 10.2 Å². The number of rotatable bonds is 5. The molecule has 42 heavy (non-hydrogen) atoms. The van der Waals surface area contributed by atoms with Gasteiger partial charge in [0.25, 0.3) is 5.91 Å². The van der Waals surface area contributed by atoms with Gasteiger partial charge in [-0.1, -0.05) is 12.1 Å². The molecule has 1 saturated carbocycles. The largest absolute Gasteiger partial charge is 0.339 e. The Morgan fingerprint density at radius 3 is 2.67 bits per heavy atom. The third kappa shape index (κ3) is 4.18. The van der Waals surface area contributed by atoms with Gasteiger partial charge in [-0.25, -0.2) is 4.52 Å². The predicted octanol–water partition coefficient (Wildman–Crippen LogP) is 5.26. The van der Waals surface area contributed by atoms with Crippen molar-refractivity contribution >= 4 is 28.0 Å². The third-order valence-corrected chi connectivity index (χ3v) is 9.07. The van der Waals surface area contributed by atoms with E-state index in [1.54, 1.807) is 0 Å². The number of benzene rings is 1. The molecule has 0 unspecified atom stereocenters. The summed E-state index contributed by atoms with van der Waals surface area (Å²) >= 11 is 0. The Hall–Kier alpha value is -4.50. The van der Waals surface area contributed by atoms with Crippen LogP contribution >= 0.6 is 0 Å². The lowest BCUT2D eigenvalue weighted by Gasteiger charge is -2.30. The van der Waals surface area contributed by atoms with Crippen LogP contribution in [0.25, 0.3) is 44.6 Å². The molecule has 1 amide bonds. The summed E-state index contributed by atoms with van der Waals surface area (Å²) in [4.78, 5) is 15.2. The van der Waals surface area contributed by atoms with Crippen molar-refractivity contribution in [2.24, 2.45) is 11.7 Å². The number of nitrogens with zero attached hydrogens (tertiary/aromatic N) is 7. The number of pyridine rings is 2. The fraction of sp³-hybridized carbons (Fsp3) is 0.333. The first kappa shape index (κ1) is 25.2. The van der Waals surface area contributed by atoms with Gasteiger partial charge in [-0.05, 0) is 93.0 Å². The maximum atomic E-state index is 13.3. The lowest BCUT2D eigenvalue weighted by Crippen LogP contribution is -2.45. The van der Waals surface area contributed by atoms with Crippen LogP contribution < -0.4 is 5.73 Å². The lowest BCUT2D eigenvalue weighted by atomic mass is 10.1. The van der Waals surface area contributed by atoms with E-state index in [4.69, 9.17) is 10.8 Å². The summed E-state index contributed by atoms with van der Waals surface area (Å²) in [5, 5.41) is 14.8. The quantitative estimate of drug-likeness (QED) is 0.311. The van der Waals surface area contributed by atoms with Gasteiger partial charge in [0.15, 0.2) is 5.65 Å². The van der Waals surface area contributed by atoms with Crippen LogP contribution in [0.15, 0.2) is 60.9 Å². The maximum Gasteiger partial charge on any atom is 0.255 e. The highest BCUT2D eigenvalue weighted by Crippen LogP contribution is 2.38. The molecule has 0 bridgehead atoms. The predicted molar refractivity (Wildman–Crippen MR) is 163 cm³/mol. The van der Waals surface area contributed by atoms with E-state index in [2.05, 4.69) is 58.1 Å². The van der Waals surface area contributed by atoms with E-state index in [0.29, 0.717) is 18.0 Å². The van der Waals surface area contributed by atoms with E-state index in [1.807, 2.05) is 45.3 Å². The second kappa shape index (κ2) is 9.52. The fourth-order valence-electron chi connectivity index (χ4n) is 6.50. The molecule has 212 valence electrons. The second-order valence-electron chi connectivity index (χ2n) is 12.1. The molecular weight excluding hydrogens is 524 g/mol. The van der Waals surface area contributed by atoms with Crippen LogP contribution in [0.2, 0.25) is 0 Å². The average molecular weight is 559 g/mol. The summed E-state index contributed by atoms with van der Waals surface area (Å²) in [7, 11) is 0. The first-order valence-electron chi connectivity index (χ1n) is 14.9. The fourth-order valence-corrected chi connectivity index (χ4v) is 6.50. The minimum Gasteiger partial charge on any atom is -0.339 e. The number of aromatic nitrogens is 6. The number of fused-ring (bicyclic) bond motifs is 3. The summed E-state index contributed by atoms with van der Waals surface area (Å²) in [5.74, 6) is 1.59. The number of carbonyl (C=O) groups excluding carboxylic acids is 1. The molecule has 0 spiro atoms. The van der Waals surface area contributed by atoms with Gasteiger partial charge in [0, 0.05) is 54.5 Å². The summed E-state index contributed by atoms with van der Waals surface area (Å²) < 4.78 is 6.33. The Bertz CT molecular complexity index is 2010. The smallest absolute Gasteiger partial charge is 0.255 e. The minimum atomic E-state index is 0.0246. The third-order valence-electron chi connectivity index (χ3n) is 9.07. The van der Waals surface area contributed by atoms with Gasteiger partial charge in [-0.2, -0.15) is 5.10 Å². The molecule has 2 fully saturated rings. The number of likely N-dealkylation sites (tertiary alicyclic amines) is 1. The first-order valence-corrected chi connectivity index (χ1v) is 14.9. The van der Waals surface area contributed by atoms with Gasteiger partial charge in [0.05, 0.1) is 16.8 Å². The van der Waals surface area contributed by atoms with Crippen LogP contribution in [-0.4, -0.2) is 58.7 Å². The maximum absolute atomic E-state index is 13.3. The molecule has 2 aliphatic rings. The molecule has 9 heteroatoms. The van der Waals surface area contributed by atoms with Crippen molar-refractivity contribution in [3.05, 3.63) is 77.9 Å². The number of nitrogens with two attached hydrogens (primary N) is 1. The van der Waals surface area contributed by atoms with Gasteiger partial charge in [0.2, 0.25) is 0 Å². The summed E-state index contributed by atoms with van der Waals surface area (Å²) in [6, 6.07) is 17.2. The zero-order chi connectivity index (χ0) is 28.5. The van der Waals surface area contributed by atoms with E-state index < -0.39 is 0 Å². The van der Waals surface area contributed by atoms with Crippen LogP contribution in [0.5, 0.6) is 0 Å². The van der Waals surface area contributed by atoms with Crippen molar-refractivity contribution in [2.45, 2.75) is 52.1 Å². The lowest BCUT2D eigenvalue weighted by molar-refractivity contribution is 0.0708. The highest BCUT2D eigenvalue weighted by atomic mass is 16.2. The molecule has 2 N–H and O–H groups in total. The number of carbonyl (C=O) groups is 1. The number of amides is 1. The van der Waals surface area contributed by atoms with Crippen molar-refractivity contribution < 1.29 is 4.79 Å². The van der Waals surface area contributed by atoms with Crippen molar-refractivity contribution in [1.82, 2.24) is 33.7 Å². The molecule has 1 aromatic carbocycles. The Balaban J connectivity index is 1.21. The van der Waals surface area contributed by atoms with Crippen molar-refractivity contribution in [2.75, 3.05) is 13.1 Å². The van der Waals surface area contributed by atoms with Crippen molar-refractivity contribution in [3.8, 4) is 22.5 Å². The van der Waals surface area contributed by atoms with Crippen LogP contribution in [0.4, 0.5) is 0 Å². The molecular formula is C33H34N8O. The summed E-state index contributed by atoms with van der Waals surface area (Å²) in [6.07, 6.45) is 8.36. The van der Waals surface area contributed by atoms with Crippen LogP contribution in [0.1, 0.15) is 47.4 Å². The van der Waals surface area contributed by atoms with E-state index >= 15 is 0 Å². The molecule has 8 rings (SSSR count). The molecule has 1 aliphatic heterocycles. The second-order valence-corrected chi connectivity index (χ2v) is 12.1. The average Bonchev–Trinajstić information content (AvgIpc) is 3.54. The Morgan fingerprint density at radius 2 is 1.83 bits per heavy atom. The van der Waals surface area contributed by atoms with Crippen molar-refractivity contribution in [3.63, 3.8) is 0 Å². The zero-order valence-electron chi connectivity index (χ0n) is 24.0. The van der Waals surface area contributed by atoms with E-state index in [1.165, 1.54) is 23.7 Å². The Morgan fingerprint density at radius 1 is 0.976 bits per heavy atom. The van der Waals surface area contributed by atoms with Crippen LogP contribution in [0, 0.1) is 19.8 Å². The van der Waals surface area contributed by atoms with Crippen molar-refractivity contribution in [1.29, 1.82) is 0 Å². The first-order chi connectivity index (χ1) is 20.4. The molecule has 6 aromatic rings.